The van der Waals surface area contributed by atoms with Crippen LogP contribution in [0.5, 0.6) is 0 Å². The molecule has 0 saturated heterocycles. The second-order valence-electron chi connectivity index (χ2n) is 4.54. The fraction of sp³-hybridized carbons (Fsp3) is 0.462. The molecular formula is C13H17FN2S. The van der Waals surface area contributed by atoms with Gasteiger partial charge in [-0.15, -0.1) is 0 Å². The van der Waals surface area contributed by atoms with Gasteiger partial charge < -0.3 is 10.6 Å². The number of halogens is 1. The van der Waals surface area contributed by atoms with Crippen molar-refractivity contribution in [3.8, 4) is 0 Å². The minimum atomic E-state index is -0.190. The van der Waals surface area contributed by atoms with Crippen molar-refractivity contribution in [2.24, 2.45) is 0 Å². The van der Waals surface area contributed by atoms with Gasteiger partial charge in [0.2, 0.25) is 0 Å². The summed E-state index contributed by atoms with van der Waals surface area (Å²) in [6, 6.07) is 5.41. The van der Waals surface area contributed by atoms with E-state index in [0.717, 1.165) is 5.69 Å². The van der Waals surface area contributed by atoms with E-state index < -0.39 is 0 Å². The normalized spacial score (nSPS) is 15.9. The highest BCUT2D eigenvalue weighted by molar-refractivity contribution is 7.80. The van der Waals surface area contributed by atoms with Gasteiger partial charge in [0.05, 0.1) is 0 Å². The molecule has 17 heavy (non-hydrogen) atoms. The van der Waals surface area contributed by atoms with Crippen LogP contribution >= 0.6 is 12.2 Å². The van der Waals surface area contributed by atoms with Crippen LogP contribution in [0.3, 0.4) is 0 Å². The molecule has 0 atom stereocenters. The molecule has 92 valence electrons. The molecule has 2 rings (SSSR count). The minimum Gasteiger partial charge on any atom is -0.360 e. The van der Waals surface area contributed by atoms with Crippen LogP contribution in [0.15, 0.2) is 18.2 Å². The first-order valence-electron chi connectivity index (χ1n) is 5.99. The summed E-state index contributed by atoms with van der Waals surface area (Å²) in [6.07, 6.45) is 4.92. The molecule has 0 unspecified atom stereocenters. The van der Waals surface area contributed by atoms with Crippen LogP contribution in [-0.2, 0) is 0 Å². The molecule has 1 fully saturated rings. The first-order valence-corrected chi connectivity index (χ1v) is 6.39. The summed E-state index contributed by atoms with van der Waals surface area (Å²) in [5.41, 5.74) is 1.46. The van der Waals surface area contributed by atoms with E-state index in [1.54, 1.807) is 19.1 Å². The molecule has 0 heterocycles. The van der Waals surface area contributed by atoms with Crippen molar-refractivity contribution in [2.45, 2.75) is 38.6 Å². The number of benzene rings is 1. The molecule has 1 saturated carbocycles. The highest BCUT2D eigenvalue weighted by atomic mass is 32.1. The zero-order chi connectivity index (χ0) is 12.3. The standard InChI is InChI=1S/C13H17FN2S/c1-9-8-11(6-7-12(9)14)16-13(17)15-10-4-2-3-5-10/h6-8,10H,2-5H2,1H3,(H2,15,16,17). The number of rotatable bonds is 2. The zero-order valence-electron chi connectivity index (χ0n) is 9.92. The number of thiocarbonyl (C=S) groups is 1. The van der Waals surface area contributed by atoms with E-state index in [1.165, 1.54) is 31.7 Å². The Balaban J connectivity index is 1.90. The van der Waals surface area contributed by atoms with E-state index in [1.807, 2.05) is 0 Å². The molecule has 0 amide bonds. The lowest BCUT2D eigenvalue weighted by Gasteiger charge is -2.16. The molecule has 2 N–H and O–H groups in total. The summed E-state index contributed by atoms with van der Waals surface area (Å²) in [6.45, 7) is 1.74. The van der Waals surface area contributed by atoms with Gasteiger partial charge >= 0.3 is 0 Å². The predicted octanol–water partition coefficient (Wildman–Crippen LogP) is 3.36. The molecule has 1 aliphatic carbocycles. The van der Waals surface area contributed by atoms with Crippen molar-refractivity contribution in [3.63, 3.8) is 0 Å². The Morgan fingerprint density at radius 3 is 2.71 bits per heavy atom. The van der Waals surface area contributed by atoms with E-state index in [0.29, 0.717) is 16.7 Å². The van der Waals surface area contributed by atoms with Crippen LogP contribution in [0.2, 0.25) is 0 Å². The summed E-state index contributed by atoms with van der Waals surface area (Å²) in [4.78, 5) is 0. The molecule has 1 aliphatic rings. The number of hydrogen-bond acceptors (Lipinski definition) is 1. The molecule has 1 aromatic rings. The summed E-state index contributed by atoms with van der Waals surface area (Å²) >= 11 is 5.23. The maximum Gasteiger partial charge on any atom is 0.170 e. The van der Waals surface area contributed by atoms with Crippen molar-refractivity contribution in [2.75, 3.05) is 5.32 Å². The molecule has 0 radical (unpaired) electrons. The maximum atomic E-state index is 13.1. The Morgan fingerprint density at radius 2 is 2.06 bits per heavy atom. The Kier molecular flexibility index (Phi) is 3.94. The van der Waals surface area contributed by atoms with Crippen molar-refractivity contribution in [1.29, 1.82) is 0 Å². The third-order valence-corrected chi connectivity index (χ3v) is 3.33. The lowest BCUT2D eigenvalue weighted by molar-refractivity contribution is 0.618. The molecular weight excluding hydrogens is 235 g/mol. The summed E-state index contributed by atoms with van der Waals surface area (Å²) in [5.74, 6) is -0.190. The van der Waals surface area contributed by atoms with Crippen molar-refractivity contribution < 1.29 is 4.39 Å². The number of aryl methyl sites for hydroxylation is 1. The third kappa shape index (κ3) is 3.40. The first kappa shape index (κ1) is 12.3. The molecule has 1 aromatic carbocycles. The van der Waals surface area contributed by atoms with Gasteiger partial charge in [0, 0.05) is 11.7 Å². The second kappa shape index (κ2) is 5.45. The average Bonchev–Trinajstić information content (AvgIpc) is 2.76. The molecule has 0 aromatic heterocycles. The minimum absolute atomic E-state index is 0.190. The fourth-order valence-electron chi connectivity index (χ4n) is 2.15. The van der Waals surface area contributed by atoms with Gasteiger partial charge in [-0.3, -0.25) is 0 Å². The van der Waals surface area contributed by atoms with Gasteiger partial charge in [-0.2, -0.15) is 0 Å². The Bertz CT molecular complexity index is 414. The Labute approximate surface area is 107 Å². The van der Waals surface area contributed by atoms with Gasteiger partial charge in [0.15, 0.2) is 5.11 Å². The molecule has 0 bridgehead atoms. The fourth-order valence-corrected chi connectivity index (χ4v) is 2.43. The SMILES string of the molecule is Cc1cc(NC(=S)NC2CCCC2)ccc1F. The van der Waals surface area contributed by atoms with Gasteiger partial charge in [-0.1, -0.05) is 12.8 Å². The van der Waals surface area contributed by atoms with Gasteiger partial charge in [0.25, 0.3) is 0 Å². The second-order valence-corrected chi connectivity index (χ2v) is 4.95. The van der Waals surface area contributed by atoms with E-state index in [2.05, 4.69) is 10.6 Å². The Morgan fingerprint density at radius 1 is 1.35 bits per heavy atom. The van der Waals surface area contributed by atoms with Gasteiger partial charge in [-0.05, 0) is 55.7 Å². The van der Waals surface area contributed by atoms with E-state index in [-0.39, 0.29) is 5.82 Å². The number of anilines is 1. The molecule has 0 aliphatic heterocycles. The maximum absolute atomic E-state index is 13.1. The zero-order valence-corrected chi connectivity index (χ0v) is 10.7. The first-order chi connectivity index (χ1) is 8.15. The number of hydrogen-bond donors (Lipinski definition) is 2. The topological polar surface area (TPSA) is 24.1 Å². The highest BCUT2D eigenvalue weighted by Gasteiger charge is 2.15. The predicted molar refractivity (Wildman–Crippen MR) is 72.7 cm³/mol. The highest BCUT2D eigenvalue weighted by Crippen LogP contribution is 2.18. The average molecular weight is 252 g/mol. The quantitative estimate of drug-likeness (QED) is 0.789. The van der Waals surface area contributed by atoms with Crippen LogP contribution in [0.25, 0.3) is 0 Å². The van der Waals surface area contributed by atoms with Crippen LogP contribution in [-0.4, -0.2) is 11.2 Å². The largest absolute Gasteiger partial charge is 0.360 e. The number of nitrogens with one attached hydrogen (secondary N) is 2. The monoisotopic (exact) mass is 252 g/mol. The van der Waals surface area contributed by atoms with Gasteiger partial charge in [0.1, 0.15) is 5.82 Å². The summed E-state index contributed by atoms with van der Waals surface area (Å²) in [5, 5.41) is 7.01. The Hall–Kier alpha value is -1.16. The molecule has 0 spiro atoms. The summed E-state index contributed by atoms with van der Waals surface area (Å²) < 4.78 is 13.1. The van der Waals surface area contributed by atoms with E-state index in [9.17, 15) is 4.39 Å². The van der Waals surface area contributed by atoms with Crippen LogP contribution in [0.1, 0.15) is 31.2 Å². The molecule has 4 heteroatoms. The van der Waals surface area contributed by atoms with Crippen molar-refractivity contribution >= 4 is 23.0 Å². The van der Waals surface area contributed by atoms with Crippen LogP contribution in [0.4, 0.5) is 10.1 Å². The van der Waals surface area contributed by atoms with Crippen LogP contribution < -0.4 is 10.6 Å². The van der Waals surface area contributed by atoms with E-state index >= 15 is 0 Å². The summed E-state index contributed by atoms with van der Waals surface area (Å²) in [7, 11) is 0. The third-order valence-electron chi connectivity index (χ3n) is 3.11. The van der Waals surface area contributed by atoms with Crippen LogP contribution in [0, 0.1) is 12.7 Å². The van der Waals surface area contributed by atoms with E-state index in [4.69, 9.17) is 12.2 Å². The van der Waals surface area contributed by atoms with Crippen molar-refractivity contribution in [3.05, 3.63) is 29.6 Å². The van der Waals surface area contributed by atoms with Gasteiger partial charge in [-0.25, -0.2) is 4.39 Å². The lowest BCUT2D eigenvalue weighted by atomic mass is 10.2. The molecule has 2 nitrogen and oxygen atoms in total. The van der Waals surface area contributed by atoms with Crippen molar-refractivity contribution in [1.82, 2.24) is 5.32 Å². The smallest absolute Gasteiger partial charge is 0.170 e. The lowest BCUT2D eigenvalue weighted by Crippen LogP contribution is -2.35.